The first-order valence-corrected chi connectivity index (χ1v) is 9.18. The normalized spacial score (nSPS) is 11.9. The first-order valence-electron chi connectivity index (χ1n) is 7.29. The molecule has 3 aromatic heterocycles. The highest BCUT2D eigenvalue weighted by molar-refractivity contribution is 7.90. The van der Waals surface area contributed by atoms with Crippen LogP contribution >= 0.6 is 0 Å². The van der Waals surface area contributed by atoms with E-state index in [9.17, 15) is 8.42 Å². The lowest BCUT2D eigenvalue weighted by Crippen LogP contribution is -2.00. The Morgan fingerprint density at radius 1 is 1.12 bits per heavy atom. The number of aromatic nitrogens is 4. The van der Waals surface area contributed by atoms with Gasteiger partial charge in [-0.3, -0.25) is 0 Å². The molecule has 0 aliphatic rings. The highest BCUT2D eigenvalue weighted by Crippen LogP contribution is 2.24. The molecule has 0 fully saturated rings. The van der Waals surface area contributed by atoms with Gasteiger partial charge in [0.05, 0.1) is 23.0 Å². The van der Waals surface area contributed by atoms with Gasteiger partial charge in [-0.05, 0) is 24.3 Å². The molecule has 0 radical (unpaired) electrons. The summed E-state index contributed by atoms with van der Waals surface area (Å²) in [5.74, 6) is 1.15. The number of hydrogen-bond donors (Lipinski definition) is 1. The van der Waals surface area contributed by atoms with Gasteiger partial charge in [-0.15, -0.1) is 5.10 Å². The number of sulfone groups is 1. The Hall–Kier alpha value is -3.20. The van der Waals surface area contributed by atoms with Gasteiger partial charge in [0.25, 0.3) is 0 Å². The van der Waals surface area contributed by atoms with Crippen molar-refractivity contribution in [3.8, 4) is 22.8 Å². The molecule has 8 nitrogen and oxygen atoms in total. The Morgan fingerprint density at radius 3 is 2.52 bits per heavy atom. The number of nitrogens with zero attached hydrogens (tertiary/aromatic N) is 4. The molecular formula is C16H13N5O3S. The smallest absolute Gasteiger partial charge is 0.218 e. The van der Waals surface area contributed by atoms with E-state index in [1.165, 1.54) is 22.9 Å². The highest BCUT2D eigenvalue weighted by atomic mass is 32.2. The number of anilines is 1. The number of furan rings is 1. The minimum Gasteiger partial charge on any atom is -0.461 e. The van der Waals surface area contributed by atoms with Gasteiger partial charge in [-0.1, -0.05) is 12.1 Å². The van der Waals surface area contributed by atoms with Crippen LogP contribution in [0.1, 0.15) is 0 Å². The first kappa shape index (κ1) is 15.3. The number of fused-ring (bicyclic) bond motifs is 1. The molecule has 0 aliphatic heterocycles. The number of benzene rings is 1. The summed E-state index contributed by atoms with van der Waals surface area (Å²) in [4.78, 5) is 8.90. The topological polar surface area (TPSA) is 116 Å². The molecule has 25 heavy (non-hydrogen) atoms. The minimum absolute atomic E-state index is 0.218. The zero-order valence-corrected chi connectivity index (χ0v) is 13.9. The van der Waals surface area contributed by atoms with Crippen molar-refractivity contribution < 1.29 is 12.8 Å². The standard InChI is InChI=1S/C16H13N5O3S/c1-25(22,23)11-6-4-10(5-7-11)12-9-21-16(14(17)18-12)19-15(20-21)13-3-2-8-24-13/h2-9H,1H3,(H2,17,18). The molecule has 0 amide bonds. The molecule has 0 aliphatic carbocycles. The molecule has 126 valence electrons. The van der Waals surface area contributed by atoms with Crippen LogP contribution in [0.2, 0.25) is 0 Å². The predicted octanol–water partition coefficient (Wildman–Crippen LogP) is 2.04. The van der Waals surface area contributed by atoms with E-state index in [1.807, 2.05) is 0 Å². The minimum atomic E-state index is -3.25. The lowest BCUT2D eigenvalue weighted by atomic mass is 10.2. The van der Waals surface area contributed by atoms with Gasteiger partial charge < -0.3 is 10.2 Å². The van der Waals surface area contributed by atoms with Crippen LogP contribution in [0.4, 0.5) is 5.82 Å². The third-order valence-electron chi connectivity index (χ3n) is 3.67. The average Bonchev–Trinajstić information content (AvgIpc) is 3.23. The van der Waals surface area contributed by atoms with Crippen LogP contribution in [-0.4, -0.2) is 34.3 Å². The van der Waals surface area contributed by atoms with Crippen LogP contribution in [0, 0.1) is 0 Å². The lowest BCUT2D eigenvalue weighted by Gasteiger charge is -2.04. The molecule has 9 heteroatoms. The summed E-state index contributed by atoms with van der Waals surface area (Å²) in [5.41, 5.74) is 7.69. The van der Waals surface area contributed by atoms with Crippen molar-refractivity contribution in [2.24, 2.45) is 0 Å². The second-order valence-corrected chi connectivity index (χ2v) is 7.50. The SMILES string of the molecule is CS(=O)(=O)c1ccc(-c2cn3nc(-c4ccco4)nc3c(N)n2)cc1. The van der Waals surface area contributed by atoms with E-state index in [0.717, 1.165) is 11.8 Å². The van der Waals surface area contributed by atoms with Crippen LogP contribution in [-0.2, 0) is 9.84 Å². The molecule has 0 saturated heterocycles. The van der Waals surface area contributed by atoms with E-state index < -0.39 is 9.84 Å². The Labute approximate surface area is 142 Å². The van der Waals surface area contributed by atoms with Gasteiger partial charge in [0.2, 0.25) is 5.82 Å². The van der Waals surface area contributed by atoms with Gasteiger partial charge in [-0.25, -0.2) is 22.9 Å². The zero-order valence-electron chi connectivity index (χ0n) is 13.1. The van der Waals surface area contributed by atoms with E-state index in [4.69, 9.17) is 10.2 Å². The summed E-state index contributed by atoms with van der Waals surface area (Å²) in [5, 5.41) is 4.35. The average molecular weight is 355 g/mol. The summed E-state index contributed by atoms with van der Waals surface area (Å²) in [6.45, 7) is 0. The number of nitrogen functional groups attached to an aromatic ring is 1. The summed E-state index contributed by atoms with van der Waals surface area (Å²) in [6.07, 6.45) is 4.38. The maximum Gasteiger partial charge on any atom is 0.218 e. The second kappa shape index (κ2) is 5.42. The fraction of sp³-hybridized carbons (Fsp3) is 0.0625. The third kappa shape index (κ3) is 2.74. The van der Waals surface area contributed by atoms with Crippen molar-refractivity contribution >= 4 is 21.3 Å². The predicted molar refractivity (Wildman–Crippen MR) is 91.4 cm³/mol. The van der Waals surface area contributed by atoms with Gasteiger partial charge in [0.1, 0.15) is 0 Å². The van der Waals surface area contributed by atoms with E-state index in [1.54, 1.807) is 30.5 Å². The van der Waals surface area contributed by atoms with Crippen molar-refractivity contribution in [2.75, 3.05) is 12.0 Å². The summed E-state index contributed by atoms with van der Waals surface area (Å²) < 4.78 is 29.9. The highest BCUT2D eigenvalue weighted by Gasteiger charge is 2.14. The van der Waals surface area contributed by atoms with Gasteiger partial charge >= 0.3 is 0 Å². The Kier molecular flexibility index (Phi) is 3.32. The van der Waals surface area contributed by atoms with Crippen LogP contribution < -0.4 is 5.73 Å². The van der Waals surface area contributed by atoms with Gasteiger partial charge in [-0.2, -0.15) is 0 Å². The number of hydrogen-bond acceptors (Lipinski definition) is 7. The van der Waals surface area contributed by atoms with E-state index in [-0.39, 0.29) is 10.7 Å². The molecule has 4 rings (SSSR count). The van der Waals surface area contributed by atoms with Gasteiger partial charge in [0, 0.05) is 11.8 Å². The monoisotopic (exact) mass is 355 g/mol. The molecule has 0 saturated carbocycles. The molecule has 0 atom stereocenters. The summed E-state index contributed by atoms with van der Waals surface area (Å²) >= 11 is 0. The van der Waals surface area contributed by atoms with Crippen molar-refractivity contribution in [3.05, 3.63) is 48.9 Å². The molecule has 2 N–H and O–H groups in total. The van der Waals surface area contributed by atoms with Gasteiger partial charge in [0.15, 0.2) is 27.1 Å². The summed E-state index contributed by atoms with van der Waals surface area (Å²) in [7, 11) is -3.25. The van der Waals surface area contributed by atoms with Crippen LogP contribution in [0.3, 0.4) is 0 Å². The lowest BCUT2D eigenvalue weighted by molar-refractivity contribution is 0.577. The quantitative estimate of drug-likeness (QED) is 0.597. The fourth-order valence-corrected chi connectivity index (χ4v) is 3.07. The van der Waals surface area contributed by atoms with E-state index in [2.05, 4.69) is 15.1 Å². The molecular weight excluding hydrogens is 342 g/mol. The first-order chi connectivity index (χ1) is 11.9. The van der Waals surface area contributed by atoms with Crippen LogP contribution in [0.5, 0.6) is 0 Å². The zero-order chi connectivity index (χ0) is 17.6. The third-order valence-corrected chi connectivity index (χ3v) is 4.79. The van der Waals surface area contributed by atoms with Crippen LogP contribution in [0.15, 0.2) is 58.2 Å². The van der Waals surface area contributed by atoms with Crippen molar-refractivity contribution in [1.29, 1.82) is 0 Å². The fourth-order valence-electron chi connectivity index (χ4n) is 2.43. The number of nitrogens with two attached hydrogens (primary N) is 1. The van der Waals surface area contributed by atoms with E-state index >= 15 is 0 Å². The van der Waals surface area contributed by atoms with Crippen molar-refractivity contribution in [3.63, 3.8) is 0 Å². The largest absolute Gasteiger partial charge is 0.461 e. The summed E-state index contributed by atoms with van der Waals surface area (Å²) in [6, 6.07) is 9.91. The van der Waals surface area contributed by atoms with Crippen molar-refractivity contribution in [1.82, 2.24) is 19.6 Å². The molecule has 0 spiro atoms. The molecule has 0 bridgehead atoms. The second-order valence-electron chi connectivity index (χ2n) is 5.49. The Balaban J connectivity index is 1.80. The molecule has 1 aromatic carbocycles. The number of rotatable bonds is 3. The van der Waals surface area contributed by atoms with Crippen LogP contribution in [0.25, 0.3) is 28.5 Å². The Morgan fingerprint density at radius 2 is 1.88 bits per heavy atom. The maximum absolute atomic E-state index is 11.6. The maximum atomic E-state index is 11.6. The molecule has 3 heterocycles. The molecule has 0 unspecified atom stereocenters. The molecule has 4 aromatic rings. The Bertz CT molecular complexity index is 1160. The van der Waals surface area contributed by atoms with Crippen molar-refractivity contribution in [2.45, 2.75) is 4.90 Å². The van der Waals surface area contributed by atoms with E-state index in [0.29, 0.717) is 22.9 Å².